The second-order valence-corrected chi connectivity index (χ2v) is 9.73. The summed E-state index contributed by atoms with van der Waals surface area (Å²) in [5, 5.41) is 16.7. The molecule has 2 amide bonds. The third-order valence-electron chi connectivity index (χ3n) is 5.51. The lowest BCUT2D eigenvalue weighted by atomic mass is 10.1. The van der Waals surface area contributed by atoms with Crippen LogP contribution < -0.4 is 10.6 Å². The average molecular weight is 519 g/mol. The second-order valence-electron chi connectivity index (χ2n) is 8.05. The van der Waals surface area contributed by atoms with Gasteiger partial charge in [-0.25, -0.2) is 4.79 Å². The van der Waals surface area contributed by atoms with Crippen LogP contribution in [0.15, 0.2) is 89.8 Å². The van der Waals surface area contributed by atoms with Crippen molar-refractivity contribution in [2.75, 3.05) is 10.6 Å². The lowest BCUT2D eigenvalue weighted by Gasteiger charge is -2.16. The Kier molecular flexibility index (Phi) is 7.93. The topological polar surface area (TPSA) is 95.5 Å². The van der Waals surface area contributed by atoms with E-state index >= 15 is 0 Å². The first-order valence-corrected chi connectivity index (χ1v) is 12.5. The molecule has 0 radical (unpaired) electrons. The average Bonchev–Trinajstić information content (AvgIpc) is 2.88. The minimum atomic E-state index is -1.17. The molecule has 0 saturated carbocycles. The predicted molar refractivity (Wildman–Crippen MR) is 145 cm³/mol. The highest BCUT2D eigenvalue weighted by molar-refractivity contribution is 8.00. The summed E-state index contributed by atoms with van der Waals surface area (Å²) in [6, 6.07) is 25.1. The molecular weight excluding hydrogens is 496 g/mol. The molecule has 0 aliphatic carbocycles. The van der Waals surface area contributed by atoms with E-state index in [1.165, 1.54) is 23.9 Å². The lowest BCUT2D eigenvalue weighted by Crippen LogP contribution is -2.24. The molecule has 1 atom stereocenters. The highest BCUT2D eigenvalue weighted by Crippen LogP contribution is 2.29. The fourth-order valence-electron chi connectivity index (χ4n) is 3.66. The van der Waals surface area contributed by atoms with E-state index in [0.29, 0.717) is 23.4 Å². The molecule has 6 nitrogen and oxygen atoms in total. The van der Waals surface area contributed by atoms with Crippen LogP contribution in [0.5, 0.6) is 0 Å². The molecule has 4 aromatic rings. The number of fused-ring (bicyclic) bond motifs is 1. The molecule has 4 aromatic carbocycles. The van der Waals surface area contributed by atoms with E-state index in [0.717, 1.165) is 15.7 Å². The van der Waals surface area contributed by atoms with Crippen LogP contribution in [0.2, 0.25) is 5.02 Å². The van der Waals surface area contributed by atoms with Crippen LogP contribution in [0.25, 0.3) is 10.8 Å². The smallest absolute Gasteiger partial charge is 0.337 e. The summed E-state index contributed by atoms with van der Waals surface area (Å²) >= 11 is 7.28. The lowest BCUT2D eigenvalue weighted by molar-refractivity contribution is -0.115. The highest BCUT2D eigenvalue weighted by atomic mass is 35.5. The number of carboxylic acid groups (broad SMARTS) is 1. The van der Waals surface area contributed by atoms with Crippen molar-refractivity contribution in [2.45, 2.75) is 23.5 Å². The van der Waals surface area contributed by atoms with E-state index in [1.54, 1.807) is 18.2 Å². The minimum Gasteiger partial charge on any atom is -0.478 e. The molecule has 3 N–H and O–H groups in total. The molecule has 4 rings (SSSR count). The summed E-state index contributed by atoms with van der Waals surface area (Å²) in [4.78, 5) is 37.8. The summed E-state index contributed by atoms with van der Waals surface area (Å²) < 4.78 is 0. The molecule has 182 valence electrons. The van der Waals surface area contributed by atoms with Crippen LogP contribution in [0.1, 0.15) is 34.1 Å². The van der Waals surface area contributed by atoms with Crippen molar-refractivity contribution in [1.29, 1.82) is 0 Å². The Labute approximate surface area is 217 Å². The first kappa shape index (κ1) is 25.3. The summed E-state index contributed by atoms with van der Waals surface area (Å²) in [5.41, 5.74) is 1.46. The number of aromatic carboxylic acids is 1. The Morgan fingerprint density at radius 3 is 2.36 bits per heavy atom. The summed E-state index contributed by atoms with van der Waals surface area (Å²) in [6.07, 6.45) is 0.545. The van der Waals surface area contributed by atoms with Crippen molar-refractivity contribution in [3.05, 3.63) is 101 Å². The Balaban J connectivity index is 1.44. The number of hydrogen-bond acceptors (Lipinski definition) is 4. The van der Waals surface area contributed by atoms with Crippen LogP contribution in [0.4, 0.5) is 11.4 Å². The molecule has 8 heteroatoms. The van der Waals surface area contributed by atoms with Crippen molar-refractivity contribution in [1.82, 2.24) is 0 Å². The van der Waals surface area contributed by atoms with Crippen molar-refractivity contribution >= 4 is 63.3 Å². The number of carbonyl (C=O) groups excluding carboxylic acids is 2. The normalized spacial score (nSPS) is 11.6. The number of carbonyl (C=O) groups is 3. The zero-order chi connectivity index (χ0) is 25.7. The number of hydrogen-bond donors (Lipinski definition) is 3. The highest BCUT2D eigenvalue weighted by Gasteiger charge is 2.20. The molecule has 0 aromatic heterocycles. The van der Waals surface area contributed by atoms with Gasteiger partial charge in [-0.2, -0.15) is 0 Å². The second kappa shape index (κ2) is 11.3. The van der Waals surface area contributed by atoms with Gasteiger partial charge in [0.15, 0.2) is 0 Å². The van der Waals surface area contributed by atoms with E-state index in [4.69, 9.17) is 11.6 Å². The summed E-state index contributed by atoms with van der Waals surface area (Å²) in [6.45, 7) is 1.90. The minimum absolute atomic E-state index is 0.0787. The van der Waals surface area contributed by atoms with Crippen LogP contribution in [0.3, 0.4) is 0 Å². The molecule has 36 heavy (non-hydrogen) atoms. The first-order chi connectivity index (χ1) is 17.3. The van der Waals surface area contributed by atoms with Crippen molar-refractivity contribution < 1.29 is 19.5 Å². The van der Waals surface area contributed by atoms with E-state index < -0.39 is 11.2 Å². The van der Waals surface area contributed by atoms with E-state index in [9.17, 15) is 19.5 Å². The van der Waals surface area contributed by atoms with Crippen molar-refractivity contribution in [3.8, 4) is 0 Å². The predicted octanol–water partition coefficient (Wildman–Crippen LogP) is 6.95. The first-order valence-electron chi connectivity index (χ1n) is 11.2. The number of rotatable bonds is 8. The van der Waals surface area contributed by atoms with Gasteiger partial charge in [-0.15, -0.1) is 11.8 Å². The molecule has 0 aliphatic heterocycles. The molecule has 0 aliphatic rings. The maximum absolute atomic E-state index is 12.9. The van der Waals surface area contributed by atoms with Gasteiger partial charge in [0.25, 0.3) is 5.91 Å². The maximum atomic E-state index is 12.9. The molecule has 0 heterocycles. The van der Waals surface area contributed by atoms with E-state index in [2.05, 4.69) is 10.6 Å². The zero-order valence-electron chi connectivity index (χ0n) is 19.3. The van der Waals surface area contributed by atoms with Gasteiger partial charge in [0.1, 0.15) is 0 Å². The Morgan fingerprint density at radius 1 is 0.861 bits per heavy atom. The standard InChI is InChI=1S/C28H23ClN2O4S/c1-2-25(27(33)31-21-12-13-24(29)23(16-21)28(34)35)36-22-9-5-8-20(15-22)30-26(32)19-11-10-17-6-3-4-7-18(17)14-19/h3-16,25H,2H2,1H3,(H,30,32)(H,31,33)(H,34,35). The van der Waals surface area contributed by atoms with Crippen LogP contribution in [0, 0.1) is 0 Å². The Morgan fingerprint density at radius 2 is 1.61 bits per heavy atom. The van der Waals surface area contributed by atoms with Crippen molar-refractivity contribution in [2.24, 2.45) is 0 Å². The molecule has 1 unspecified atom stereocenters. The number of thioether (sulfide) groups is 1. The molecule has 0 spiro atoms. The van der Waals surface area contributed by atoms with Crippen LogP contribution >= 0.6 is 23.4 Å². The van der Waals surface area contributed by atoms with Gasteiger partial charge in [-0.1, -0.05) is 54.9 Å². The Hall–Kier alpha value is -3.81. The number of halogens is 1. The van der Waals surface area contributed by atoms with Gasteiger partial charge < -0.3 is 15.7 Å². The van der Waals surface area contributed by atoms with Gasteiger partial charge in [0, 0.05) is 21.8 Å². The van der Waals surface area contributed by atoms with Crippen LogP contribution in [-0.4, -0.2) is 28.1 Å². The third kappa shape index (κ3) is 6.05. The monoisotopic (exact) mass is 518 g/mol. The number of carboxylic acids is 1. The SMILES string of the molecule is CCC(Sc1cccc(NC(=O)c2ccc3ccccc3c2)c1)C(=O)Nc1ccc(Cl)c(C(=O)O)c1. The largest absolute Gasteiger partial charge is 0.478 e. The fraction of sp³-hybridized carbons (Fsp3) is 0.107. The van der Waals surface area contributed by atoms with E-state index in [-0.39, 0.29) is 22.4 Å². The molecular formula is C28H23ClN2O4S. The van der Waals surface area contributed by atoms with Gasteiger partial charge in [-0.3, -0.25) is 9.59 Å². The quantitative estimate of drug-likeness (QED) is 0.219. The number of anilines is 2. The van der Waals surface area contributed by atoms with Crippen LogP contribution in [-0.2, 0) is 4.79 Å². The molecule has 0 bridgehead atoms. The summed E-state index contributed by atoms with van der Waals surface area (Å²) in [7, 11) is 0. The summed E-state index contributed by atoms with van der Waals surface area (Å²) in [5.74, 6) is -1.64. The number of amides is 2. The molecule has 0 fully saturated rings. The van der Waals surface area contributed by atoms with Gasteiger partial charge in [0.05, 0.1) is 15.8 Å². The van der Waals surface area contributed by atoms with E-state index in [1.807, 2.05) is 61.5 Å². The van der Waals surface area contributed by atoms with Crippen molar-refractivity contribution in [3.63, 3.8) is 0 Å². The maximum Gasteiger partial charge on any atom is 0.337 e. The fourth-order valence-corrected chi connectivity index (χ4v) is 4.87. The molecule has 0 saturated heterocycles. The Bertz CT molecular complexity index is 1460. The van der Waals surface area contributed by atoms with Gasteiger partial charge >= 0.3 is 5.97 Å². The third-order valence-corrected chi connectivity index (χ3v) is 7.20. The number of benzene rings is 4. The van der Waals surface area contributed by atoms with Gasteiger partial charge in [0.2, 0.25) is 5.91 Å². The number of nitrogens with one attached hydrogen (secondary N) is 2. The zero-order valence-corrected chi connectivity index (χ0v) is 20.9. The van der Waals surface area contributed by atoms with Gasteiger partial charge in [-0.05, 0) is 65.7 Å².